The maximum atomic E-state index is 11.9. The number of hydrogen-bond donors (Lipinski definition) is 1. The van der Waals surface area contributed by atoms with Gasteiger partial charge in [0, 0.05) is 5.56 Å². The molecule has 1 rings (SSSR count). The highest BCUT2D eigenvalue weighted by atomic mass is 16.6. The van der Waals surface area contributed by atoms with Gasteiger partial charge in [-0.1, -0.05) is 0 Å². The molecule has 0 saturated carbocycles. The lowest BCUT2D eigenvalue weighted by Crippen LogP contribution is -2.30. The van der Waals surface area contributed by atoms with Crippen molar-refractivity contribution in [3.05, 3.63) is 29.8 Å². The Morgan fingerprint density at radius 1 is 1.17 bits per heavy atom. The average molecular weight is 324 g/mol. The zero-order chi connectivity index (χ0) is 17.5. The third-order valence-corrected chi connectivity index (χ3v) is 3.01. The fourth-order valence-electron chi connectivity index (χ4n) is 1.77. The van der Waals surface area contributed by atoms with E-state index in [1.54, 1.807) is 38.1 Å². The van der Waals surface area contributed by atoms with Gasteiger partial charge in [0.1, 0.15) is 18.0 Å². The lowest BCUT2D eigenvalue weighted by Gasteiger charge is -2.16. The van der Waals surface area contributed by atoms with Crippen LogP contribution < -0.4 is 4.74 Å². The summed E-state index contributed by atoms with van der Waals surface area (Å²) in [5, 5.41) is 9.68. The minimum atomic E-state index is -1.40. The molecule has 0 aromatic heterocycles. The molecule has 0 saturated heterocycles. The van der Waals surface area contributed by atoms with E-state index in [0.29, 0.717) is 17.9 Å². The molecule has 1 atom stereocenters. The summed E-state index contributed by atoms with van der Waals surface area (Å²) >= 11 is 0. The molecule has 0 aliphatic carbocycles. The predicted molar refractivity (Wildman–Crippen MR) is 84.6 cm³/mol. The zero-order valence-electron chi connectivity index (χ0n) is 14.0. The Hall–Kier alpha value is -1.92. The first kappa shape index (κ1) is 19.1. The number of rotatable bonds is 9. The zero-order valence-corrected chi connectivity index (χ0v) is 14.0. The molecule has 0 spiro atoms. The van der Waals surface area contributed by atoms with Crippen molar-refractivity contribution in [2.45, 2.75) is 39.4 Å². The molecule has 0 bridgehead atoms. The van der Waals surface area contributed by atoms with Gasteiger partial charge in [-0.3, -0.25) is 4.79 Å². The van der Waals surface area contributed by atoms with Crippen molar-refractivity contribution in [3.8, 4) is 5.75 Å². The second kappa shape index (κ2) is 8.64. The molecule has 6 nitrogen and oxygen atoms in total. The summed E-state index contributed by atoms with van der Waals surface area (Å²) < 4.78 is 15.6. The van der Waals surface area contributed by atoms with Crippen molar-refractivity contribution in [1.82, 2.24) is 0 Å². The Balaban J connectivity index is 2.39. The molecule has 6 heteroatoms. The molecule has 1 unspecified atom stereocenters. The van der Waals surface area contributed by atoms with Crippen LogP contribution >= 0.6 is 0 Å². The summed E-state index contributed by atoms with van der Waals surface area (Å²) in [6, 6.07) is 6.48. The first-order valence-corrected chi connectivity index (χ1v) is 7.54. The van der Waals surface area contributed by atoms with Crippen LogP contribution in [0.2, 0.25) is 0 Å². The van der Waals surface area contributed by atoms with Crippen LogP contribution in [-0.2, 0) is 14.3 Å². The fraction of sp³-hybridized carbons (Fsp3) is 0.529. The summed E-state index contributed by atoms with van der Waals surface area (Å²) in [6.07, 6.45) is -0.634. The Labute approximate surface area is 136 Å². The lowest BCUT2D eigenvalue weighted by molar-refractivity contribution is -0.155. The molecule has 128 valence electrons. The van der Waals surface area contributed by atoms with Crippen LogP contribution in [0, 0.1) is 0 Å². The summed E-state index contributed by atoms with van der Waals surface area (Å²) in [5.41, 5.74) is -0.989. The van der Waals surface area contributed by atoms with E-state index in [2.05, 4.69) is 0 Å². The number of esters is 1. The highest BCUT2D eigenvalue weighted by Gasteiger charge is 2.24. The van der Waals surface area contributed by atoms with Gasteiger partial charge in [0.2, 0.25) is 0 Å². The highest BCUT2D eigenvalue weighted by molar-refractivity contribution is 6.01. The molecule has 1 aromatic rings. The Morgan fingerprint density at radius 2 is 1.78 bits per heavy atom. The third-order valence-electron chi connectivity index (χ3n) is 3.01. The molecule has 0 radical (unpaired) electrons. The second-order valence-electron chi connectivity index (χ2n) is 5.53. The van der Waals surface area contributed by atoms with Crippen molar-refractivity contribution in [1.29, 1.82) is 0 Å². The third kappa shape index (κ3) is 6.38. The Bertz CT molecular complexity index is 515. The summed E-state index contributed by atoms with van der Waals surface area (Å²) in [6.45, 7) is 7.07. The van der Waals surface area contributed by atoms with Crippen molar-refractivity contribution in [2.24, 2.45) is 0 Å². The van der Waals surface area contributed by atoms with Gasteiger partial charge in [0.15, 0.2) is 11.9 Å². The van der Waals surface area contributed by atoms with Gasteiger partial charge in [0.25, 0.3) is 0 Å². The van der Waals surface area contributed by atoms with E-state index in [4.69, 9.17) is 14.2 Å². The molecule has 0 aliphatic heterocycles. The minimum Gasteiger partial charge on any atom is -0.491 e. The van der Waals surface area contributed by atoms with Gasteiger partial charge in [0.05, 0.1) is 13.2 Å². The van der Waals surface area contributed by atoms with Crippen LogP contribution in [0.4, 0.5) is 0 Å². The first-order chi connectivity index (χ1) is 10.8. The van der Waals surface area contributed by atoms with Crippen LogP contribution in [0.5, 0.6) is 5.75 Å². The normalized spacial score (nSPS) is 12.6. The number of ether oxygens (including phenoxy) is 3. The molecule has 0 aliphatic rings. The number of carbonyl (C=O) groups excluding carboxylic acids is 2. The standard InChI is InChI=1S/C17H24O6/c1-5-21-16(19)12(2)22-10-11-23-14-8-6-13(7-9-14)15(18)17(3,4)20/h6-9,12,20H,5,10-11H2,1-4H3. The number of Topliss-reactive ketones (excluding diaryl/α,β-unsaturated/α-hetero) is 1. The molecule has 0 heterocycles. The van der Waals surface area contributed by atoms with Crippen LogP contribution in [0.15, 0.2) is 24.3 Å². The average Bonchev–Trinajstić information content (AvgIpc) is 2.50. The molecular weight excluding hydrogens is 300 g/mol. The Kier molecular flexibility index (Phi) is 7.19. The Morgan fingerprint density at radius 3 is 2.30 bits per heavy atom. The molecule has 1 aromatic carbocycles. The van der Waals surface area contributed by atoms with Gasteiger partial charge >= 0.3 is 5.97 Å². The maximum Gasteiger partial charge on any atom is 0.334 e. The second-order valence-corrected chi connectivity index (χ2v) is 5.53. The van der Waals surface area contributed by atoms with Gasteiger partial charge in [-0.2, -0.15) is 0 Å². The molecule has 0 amide bonds. The van der Waals surface area contributed by atoms with Crippen molar-refractivity contribution >= 4 is 11.8 Å². The van der Waals surface area contributed by atoms with E-state index in [9.17, 15) is 14.7 Å². The summed E-state index contributed by atoms with van der Waals surface area (Å²) in [4.78, 5) is 23.2. The van der Waals surface area contributed by atoms with Crippen molar-refractivity contribution < 1.29 is 28.9 Å². The van der Waals surface area contributed by atoms with E-state index < -0.39 is 17.7 Å². The predicted octanol–water partition coefficient (Wildman–Crippen LogP) is 1.99. The quantitative estimate of drug-likeness (QED) is 0.425. The van der Waals surface area contributed by atoms with E-state index in [0.717, 1.165) is 0 Å². The smallest absolute Gasteiger partial charge is 0.334 e. The summed E-state index contributed by atoms with van der Waals surface area (Å²) in [5.74, 6) is -0.178. The maximum absolute atomic E-state index is 11.9. The fourth-order valence-corrected chi connectivity index (χ4v) is 1.77. The highest BCUT2D eigenvalue weighted by Crippen LogP contribution is 2.17. The number of aliphatic hydroxyl groups is 1. The van der Waals surface area contributed by atoms with Gasteiger partial charge in [-0.15, -0.1) is 0 Å². The van der Waals surface area contributed by atoms with Crippen LogP contribution in [0.25, 0.3) is 0 Å². The number of hydrogen-bond acceptors (Lipinski definition) is 6. The number of ketones is 1. The topological polar surface area (TPSA) is 82.1 Å². The molecule has 1 N–H and O–H groups in total. The van der Waals surface area contributed by atoms with Crippen LogP contribution in [0.1, 0.15) is 38.1 Å². The lowest BCUT2D eigenvalue weighted by atomic mass is 9.97. The van der Waals surface area contributed by atoms with Gasteiger partial charge in [-0.25, -0.2) is 4.79 Å². The van der Waals surface area contributed by atoms with Gasteiger partial charge in [-0.05, 0) is 52.0 Å². The minimum absolute atomic E-state index is 0.240. The SMILES string of the molecule is CCOC(=O)C(C)OCCOc1ccc(C(=O)C(C)(C)O)cc1. The summed E-state index contributed by atoms with van der Waals surface area (Å²) in [7, 11) is 0. The van der Waals surface area contributed by atoms with Gasteiger partial charge < -0.3 is 19.3 Å². The van der Waals surface area contributed by atoms with Crippen LogP contribution in [-0.4, -0.2) is 48.4 Å². The largest absolute Gasteiger partial charge is 0.491 e. The van der Waals surface area contributed by atoms with E-state index in [1.165, 1.54) is 13.8 Å². The first-order valence-electron chi connectivity index (χ1n) is 7.54. The molecule has 0 fully saturated rings. The monoisotopic (exact) mass is 324 g/mol. The van der Waals surface area contributed by atoms with E-state index in [-0.39, 0.29) is 19.0 Å². The van der Waals surface area contributed by atoms with Crippen LogP contribution in [0.3, 0.4) is 0 Å². The van der Waals surface area contributed by atoms with E-state index in [1.807, 2.05) is 0 Å². The molecule has 23 heavy (non-hydrogen) atoms. The number of benzene rings is 1. The number of carbonyl (C=O) groups is 2. The van der Waals surface area contributed by atoms with Crippen molar-refractivity contribution in [3.63, 3.8) is 0 Å². The van der Waals surface area contributed by atoms with Crippen molar-refractivity contribution in [2.75, 3.05) is 19.8 Å². The molecular formula is C17H24O6. The van der Waals surface area contributed by atoms with E-state index >= 15 is 0 Å².